The summed E-state index contributed by atoms with van der Waals surface area (Å²) in [5, 5.41) is 3.27. The summed E-state index contributed by atoms with van der Waals surface area (Å²) in [6.45, 7) is 3.02. The van der Waals surface area contributed by atoms with E-state index in [4.69, 9.17) is 9.47 Å². The van der Waals surface area contributed by atoms with E-state index in [-0.39, 0.29) is 12.1 Å². The number of hydrogen-bond donors (Lipinski definition) is 1. The third kappa shape index (κ3) is 4.22. The fourth-order valence-corrected chi connectivity index (χ4v) is 1.92. The maximum Gasteiger partial charge on any atom is 0.337 e. The number of carbonyl (C=O) groups excluding carboxylic acids is 1. The third-order valence-corrected chi connectivity index (χ3v) is 2.97. The van der Waals surface area contributed by atoms with Crippen molar-refractivity contribution in [2.24, 2.45) is 0 Å². The Morgan fingerprint density at radius 1 is 1.47 bits per heavy atom. The second-order valence-electron chi connectivity index (χ2n) is 4.36. The molecule has 0 aliphatic carbocycles. The van der Waals surface area contributed by atoms with Crippen LogP contribution in [0.25, 0.3) is 0 Å². The highest BCUT2D eigenvalue weighted by atomic mass is 16.5. The first-order valence-corrected chi connectivity index (χ1v) is 6.43. The van der Waals surface area contributed by atoms with Gasteiger partial charge in [-0.05, 0) is 31.2 Å². The molecule has 1 unspecified atom stereocenters. The van der Waals surface area contributed by atoms with Crippen molar-refractivity contribution >= 4 is 5.97 Å². The molecule has 0 spiro atoms. The first kappa shape index (κ1) is 13.8. The summed E-state index contributed by atoms with van der Waals surface area (Å²) in [6, 6.07) is 6.98. The number of benzene rings is 1. The summed E-state index contributed by atoms with van der Waals surface area (Å²) >= 11 is 0. The SMILES string of the molecule is COC(=O)c1cccc(OCC2CCNCCO2)c1. The van der Waals surface area contributed by atoms with E-state index < -0.39 is 0 Å². The number of carbonyl (C=O) groups is 1. The van der Waals surface area contributed by atoms with Gasteiger partial charge in [-0.1, -0.05) is 6.07 Å². The molecule has 1 atom stereocenters. The average Bonchev–Trinajstić information content (AvgIpc) is 2.73. The average molecular weight is 265 g/mol. The molecule has 1 aromatic rings. The van der Waals surface area contributed by atoms with Gasteiger partial charge in [0.05, 0.1) is 25.4 Å². The van der Waals surface area contributed by atoms with Gasteiger partial charge >= 0.3 is 5.97 Å². The Morgan fingerprint density at radius 2 is 2.37 bits per heavy atom. The van der Waals surface area contributed by atoms with E-state index in [1.54, 1.807) is 18.2 Å². The summed E-state index contributed by atoms with van der Waals surface area (Å²) < 4.78 is 16.0. The molecule has 0 saturated carbocycles. The standard InChI is InChI=1S/C14H19NO4/c1-17-14(16)11-3-2-4-12(9-11)19-10-13-5-6-15-7-8-18-13/h2-4,9,13,15H,5-8,10H2,1H3. The van der Waals surface area contributed by atoms with Crippen molar-refractivity contribution in [3.8, 4) is 5.75 Å². The van der Waals surface area contributed by atoms with Gasteiger partial charge in [0.2, 0.25) is 0 Å². The first-order valence-electron chi connectivity index (χ1n) is 6.43. The van der Waals surface area contributed by atoms with Crippen LogP contribution in [0.4, 0.5) is 0 Å². The van der Waals surface area contributed by atoms with Gasteiger partial charge in [0.25, 0.3) is 0 Å². The van der Waals surface area contributed by atoms with Gasteiger partial charge in [0.15, 0.2) is 0 Å². The van der Waals surface area contributed by atoms with E-state index >= 15 is 0 Å². The zero-order chi connectivity index (χ0) is 13.5. The monoisotopic (exact) mass is 265 g/mol. The maximum absolute atomic E-state index is 11.4. The molecule has 1 N–H and O–H groups in total. The van der Waals surface area contributed by atoms with Crippen LogP contribution in [0.2, 0.25) is 0 Å². The minimum atomic E-state index is -0.361. The Labute approximate surface area is 112 Å². The number of hydrogen-bond acceptors (Lipinski definition) is 5. The van der Waals surface area contributed by atoms with Crippen molar-refractivity contribution in [3.05, 3.63) is 29.8 Å². The smallest absolute Gasteiger partial charge is 0.337 e. The van der Waals surface area contributed by atoms with E-state index in [0.29, 0.717) is 24.5 Å². The van der Waals surface area contributed by atoms with E-state index in [1.807, 2.05) is 6.07 Å². The number of rotatable bonds is 4. The Bertz CT molecular complexity index is 414. The lowest BCUT2D eigenvalue weighted by atomic mass is 10.2. The molecule has 1 heterocycles. The van der Waals surface area contributed by atoms with Crippen molar-refractivity contribution in [2.45, 2.75) is 12.5 Å². The molecule has 104 valence electrons. The van der Waals surface area contributed by atoms with Gasteiger partial charge in [-0.15, -0.1) is 0 Å². The van der Waals surface area contributed by atoms with E-state index in [9.17, 15) is 4.79 Å². The highest BCUT2D eigenvalue weighted by Gasteiger charge is 2.13. The summed E-state index contributed by atoms with van der Waals surface area (Å²) in [5.41, 5.74) is 0.489. The predicted molar refractivity (Wildman–Crippen MR) is 70.5 cm³/mol. The topological polar surface area (TPSA) is 56.8 Å². The Hall–Kier alpha value is -1.59. The largest absolute Gasteiger partial charge is 0.491 e. The summed E-state index contributed by atoms with van der Waals surface area (Å²) in [6.07, 6.45) is 1.02. The van der Waals surface area contributed by atoms with Crippen molar-refractivity contribution in [1.82, 2.24) is 5.32 Å². The lowest BCUT2D eigenvalue weighted by molar-refractivity contribution is 0.0295. The highest BCUT2D eigenvalue weighted by Crippen LogP contribution is 2.15. The molecule has 0 aromatic heterocycles. The quantitative estimate of drug-likeness (QED) is 0.830. The molecule has 19 heavy (non-hydrogen) atoms. The zero-order valence-corrected chi connectivity index (χ0v) is 11.1. The van der Waals surface area contributed by atoms with E-state index in [2.05, 4.69) is 10.1 Å². The molecule has 5 nitrogen and oxygen atoms in total. The van der Waals surface area contributed by atoms with Crippen LogP contribution < -0.4 is 10.1 Å². The number of nitrogens with one attached hydrogen (secondary N) is 1. The lowest BCUT2D eigenvalue weighted by Gasteiger charge is -2.15. The Morgan fingerprint density at radius 3 is 3.21 bits per heavy atom. The van der Waals surface area contributed by atoms with Crippen LogP contribution >= 0.6 is 0 Å². The highest BCUT2D eigenvalue weighted by molar-refractivity contribution is 5.89. The molecule has 1 aliphatic heterocycles. The summed E-state index contributed by atoms with van der Waals surface area (Å²) in [5.74, 6) is 0.295. The fraction of sp³-hybridized carbons (Fsp3) is 0.500. The van der Waals surface area contributed by atoms with Gasteiger partial charge in [0, 0.05) is 6.54 Å². The zero-order valence-electron chi connectivity index (χ0n) is 11.1. The van der Waals surface area contributed by atoms with Crippen molar-refractivity contribution in [1.29, 1.82) is 0 Å². The van der Waals surface area contributed by atoms with Crippen LogP contribution in [0.15, 0.2) is 24.3 Å². The van der Waals surface area contributed by atoms with Gasteiger partial charge in [-0.25, -0.2) is 4.79 Å². The Kier molecular flexibility index (Phi) is 5.18. The molecule has 1 saturated heterocycles. The molecule has 0 radical (unpaired) electrons. The number of ether oxygens (including phenoxy) is 3. The van der Waals surface area contributed by atoms with Crippen LogP contribution in [0, 0.1) is 0 Å². The molecular weight excluding hydrogens is 246 g/mol. The van der Waals surface area contributed by atoms with Crippen molar-refractivity contribution in [2.75, 3.05) is 33.4 Å². The number of methoxy groups -OCH3 is 1. The second-order valence-corrected chi connectivity index (χ2v) is 4.36. The maximum atomic E-state index is 11.4. The molecule has 1 aliphatic rings. The summed E-state index contributed by atoms with van der Waals surface area (Å²) in [4.78, 5) is 11.4. The van der Waals surface area contributed by atoms with Gasteiger partial charge in [0.1, 0.15) is 12.4 Å². The van der Waals surface area contributed by atoms with Crippen LogP contribution in [0.5, 0.6) is 5.75 Å². The minimum absolute atomic E-state index is 0.0942. The molecule has 1 aromatic carbocycles. The summed E-state index contributed by atoms with van der Waals surface area (Å²) in [7, 11) is 1.36. The minimum Gasteiger partial charge on any atom is -0.491 e. The molecule has 0 bridgehead atoms. The van der Waals surface area contributed by atoms with Crippen LogP contribution in [-0.2, 0) is 9.47 Å². The number of esters is 1. The molecule has 2 rings (SSSR count). The lowest BCUT2D eigenvalue weighted by Crippen LogP contribution is -2.22. The molecule has 5 heteroatoms. The van der Waals surface area contributed by atoms with Crippen molar-refractivity contribution in [3.63, 3.8) is 0 Å². The fourth-order valence-electron chi connectivity index (χ4n) is 1.92. The third-order valence-electron chi connectivity index (χ3n) is 2.97. The predicted octanol–water partition coefficient (Wildman–Crippen LogP) is 1.23. The van der Waals surface area contributed by atoms with Crippen LogP contribution in [0.3, 0.4) is 0 Å². The molecule has 1 fully saturated rings. The van der Waals surface area contributed by atoms with Crippen LogP contribution in [-0.4, -0.2) is 45.5 Å². The van der Waals surface area contributed by atoms with Gasteiger partial charge < -0.3 is 19.5 Å². The molecule has 0 amide bonds. The van der Waals surface area contributed by atoms with E-state index in [1.165, 1.54) is 7.11 Å². The second kappa shape index (κ2) is 7.11. The van der Waals surface area contributed by atoms with Crippen molar-refractivity contribution < 1.29 is 19.0 Å². The molecular formula is C14H19NO4. The Balaban J connectivity index is 1.89. The normalized spacial score (nSPS) is 19.5. The van der Waals surface area contributed by atoms with Gasteiger partial charge in [-0.2, -0.15) is 0 Å². The van der Waals surface area contributed by atoms with Gasteiger partial charge in [-0.3, -0.25) is 0 Å². The first-order chi connectivity index (χ1) is 9.29. The van der Waals surface area contributed by atoms with E-state index in [0.717, 1.165) is 19.5 Å². The van der Waals surface area contributed by atoms with Crippen LogP contribution in [0.1, 0.15) is 16.8 Å².